The summed E-state index contributed by atoms with van der Waals surface area (Å²) in [7, 11) is 0. The van der Waals surface area contributed by atoms with Gasteiger partial charge in [0, 0.05) is 37.9 Å². The zero-order valence-corrected chi connectivity index (χ0v) is 15.7. The van der Waals surface area contributed by atoms with E-state index in [-0.39, 0.29) is 36.4 Å². The molecule has 0 radical (unpaired) electrons. The van der Waals surface area contributed by atoms with Gasteiger partial charge in [-0.15, -0.1) is 0 Å². The molecule has 3 atom stereocenters. The van der Waals surface area contributed by atoms with E-state index in [9.17, 15) is 9.59 Å². The van der Waals surface area contributed by atoms with Crippen molar-refractivity contribution in [2.75, 3.05) is 13.1 Å². The van der Waals surface area contributed by atoms with Crippen molar-refractivity contribution >= 4 is 11.8 Å². The molecule has 2 fully saturated rings. The molecule has 28 heavy (non-hydrogen) atoms. The zero-order chi connectivity index (χ0) is 19.5. The van der Waals surface area contributed by atoms with Crippen LogP contribution >= 0.6 is 0 Å². The number of hydrogen-bond donors (Lipinski definition) is 1. The highest BCUT2D eigenvalue weighted by molar-refractivity contribution is 5.78. The van der Waals surface area contributed by atoms with Crippen LogP contribution in [-0.4, -0.2) is 57.1 Å². The number of aryl methyl sites for hydroxylation is 1. The number of hydrogen-bond acceptors (Lipinski definition) is 7. The van der Waals surface area contributed by atoms with Crippen LogP contribution in [0.5, 0.6) is 0 Å². The first-order valence-electron chi connectivity index (χ1n) is 9.45. The number of nitrogens with one attached hydrogen (secondary N) is 1. The highest BCUT2D eigenvalue weighted by atomic mass is 16.5. The largest absolute Gasteiger partial charge is 0.372 e. The smallest absolute Gasteiger partial charge is 0.236 e. The van der Waals surface area contributed by atoms with Crippen LogP contribution in [0.25, 0.3) is 0 Å². The Morgan fingerprint density at radius 1 is 1.36 bits per heavy atom. The van der Waals surface area contributed by atoms with Gasteiger partial charge in [0.25, 0.3) is 0 Å². The first-order valence-corrected chi connectivity index (χ1v) is 9.45. The third kappa shape index (κ3) is 4.36. The Bertz CT molecular complexity index is 826. The van der Waals surface area contributed by atoms with Crippen molar-refractivity contribution in [2.24, 2.45) is 5.92 Å². The van der Waals surface area contributed by atoms with Gasteiger partial charge in [0.15, 0.2) is 5.82 Å². The van der Waals surface area contributed by atoms with Crippen molar-refractivity contribution in [3.05, 3.63) is 41.8 Å². The van der Waals surface area contributed by atoms with Gasteiger partial charge in [0.2, 0.25) is 17.7 Å². The van der Waals surface area contributed by atoms with Crippen molar-refractivity contribution in [2.45, 2.75) is 44.9 Å². The maximum absolute atomic E-state index is 12.4. The van der Waals surface area contributed by atoms with Gasteiger partial charge >= 0.3 is 0 Å². The Hall–Kier alpha value is -2.81. The van der Waals surface area contributed by atoms with Crippen molar-refractivity contribution in [1.29, 1.82) is 0 Å². The highest BCUT2D eigenvalue weighted by Gasteiger charge is 2.43. The molecule has 2 saturated heterocycles. The number of amides is 2. The minimum absolute atomic E-state index is 0.00973. The third-order valence-corrected chi connectivity index (χ3v) is 5.16. The number of rotatable bonds is 6. The van der Waals surface area contributed by atoms with Crippen LogP contribution < -0.4 is 5.32 Å². The van der Waals surface area contributed by atoms with E-state index in [1.165, 1.54) is 0 Å². The SMILES string of the molecule is Cc1noc(CC(=O)N2C[C@@H]3C[C@@H](CC(=O)NCc4cccnc4)O[C@@H]3C2)n1. The van der Waals surface area contributed by atoms with Crippen LogP contribution in [0.15, 0.2) is 29.0 Å². The van der Waals surface area contributed by atoms with Crippen molar-refractivity contribution in [3.63, 3.8) is 0 Å². The molecule has 0 unspecified atom stereocenters. The molecule has 2 aromatic heterocycles. The Morgan fingerprint density at radius 2 is 2.25 bits per heavy atom. The van der Waals surface area contributed by atoms with Crippen LogP contribution in [0.2, 0.25) is 0 Å². The second kappa shape index (κ2) is 8.05. The van der Waals surface area contributed by atoms with E-state index in [1.54, 1.807) is 24.2 Å². The maximum Gasteiger partial charge on any atom is 0.236 e. The van der Waals surface area contributed by atoms with Gasteiger partial charge in [-0.25, -0.2) is 0 Å². The lowest BCUT2D eigenvalue weighted by Crippen LogP contribution is -2.33. The Kier molecular flexibility index (Phi) is 5.34. The zero-order valence-electron chi connectivity index (χ0n) is 15.7. The average molecular weight is 385 g/mol. The van der Waals surface area contributed by atoms with Crippen molar-refractivity contribution in [3.8, 4) is 0 Å². The van der Waals surface area contributed by atoms with E-state index in [0.717, 1.165) is 12.0 Å². The Morgan fingerprint density at radius 3 is 2.96 bits per heavy atom. The van der Waals surface area contributed by atoms with Gasteiger partial charge in [-0.3, -0.25) is 14.6 Å². The molecule has 148 valence electrons. The molecule has 2 amide bonds. The van der Waals surface area contributed by atoms with Crippen LogP contribution in [0.1, 0.15) is 30.1 Å². The molecule has 4 heterocycles. The summed E-state index contributed by atoms with van der Waals surface area (Å²) in [4.78, 5) is 34.5. The number of likely N-dealkylation sites (tertiary alicyclic amines) is 1. The molecule has 0 saturated carbocycles. The van der Waals surface area contributed by atoms with E-state index in [2.05, 4.69) is 20.4 Å². The minimum Gasteiger partial charge on any atom is -0.372 e. The van der Waals surface area contributed by atoms with E-state index < -0.39 is 0 Å². The van der Waals surface area contributed by atoms with Crippen molar-refractivity contribution < 1.29 is 18.8 Å². The Balaban J connectivity index is 1.20. The van der Waals surface area contributed by atoms with Gasteiger partial charge in [-0.1, -0.05) is 11.2 Å². The predicted molar refractivity (Wildman–Crippen MR) is 96.8 cm³/mol. The standard InChI is InChI=1S/C19H23N5O4/c1-12-22-18(28-23-12)7-19(26)24-10-14-5-15(27-16(14)11-24)6-17(25)21-9-13-3-2-4-20-8-13/h2-4,8,14-16H,5-7,9-11H2,1H3,(H,21,25)/t14-,15-,16+/m0/s1. The fourth-order valence-corrected chi connectivity index (χ4v) is 3.83. The lowest BCUT2D eigenvalue weighted by Gasteiger charge is -2.18. The summed E-state index contributed by atoms with van der Waals surface area (Å²) in [6, 6.07) is 3.76. The molecule has 1 N–H and O–H groups in total. The van der Waals surface area contributed by atoms with Crippen molar-refractivity contribution in [1.82, 2.24) is 25.3 Å². The molecule has 4 rings (SSSR count). The third-order valence-electron chi connectivity index (χ3n) is 5.16. The molecule has 9 nitrogen and oxygen atoms in total. The second-order valence-corrected chi connectivity index (χ2v) is 7.35. The second-order valence-electron chi connectivity index (χ2n) is 7.35. The first-order chi connectivity index (χ1) is 13.6. The van der Waals surface area contributed by atoms with Gasteiger partial charge < -0.3 is 19.5 Å². The van der Waals surface area contributed by atoms with E-state index >= 15 is 0 Å². The number of carbonyl (C=O) groups is 2. The first kappa shape index (κ1) is 18.5. The van der Waals surface area contributed by atoms with Gasteiger partial charge in [0.1, 0.15) is 6.42 Å². The molecular formula is C19H23N5O4. The summed E-state index contributed by atoms with van der Waals surface area (Å²) in [5, 5.41) is 6.60. The fourth-order valence-electron chi connectivity index (χ4n) is 3.83. The van der Waals surface area contributed by atoms with E-state index in [1.807, 2.05) is 12.1 Å². The van der Waals surface area contributed by atoms with Crippen LogP contribution in [0.3, 0.4) is 0 Å². The summed E-state index contributed by atoms with van der Waals surface area (Å²) in [6.07, 6.45) is 4.56. The molecule has 2 aliphatic heterocycles. The topological polar surface area (TPSA) is 110 Å². The molecule has 0 aliphatic carbocycles. The number of ether oxygens (including phenoxy) is 1. The Labute approximate surface area is 162 Å². The van der Waals surface area contributed by atoms with Crippen LogP contribution in [0.4, 0.5) is 0 Å². The van der Waals surface area contributed by atoms with Gasteiger partial charge in [0.05, 0.1) is 18.6 Å². The maximum atomic E-state index is 12.4. The number of carbonyl (C=O) groups excluding carboxylic acids is 2. The molecule has 2 aromatic rings. The predicted octanol–water partition coefficient (Wildman–Crippen LogP) is 0.638. The van der Waals surface area contributed by atoms with Crippen LogP contribution in [0, 0.1) is 12.8 Å². The quantitative estimate of drug-likeness (QED) is 0.777. The molecule has 0 bridgehead atoms. The summed E-state index contributed by atoms with van der Waals surface area (Å²) in [6.45, 7) is 3.37. The lowest BCUT2D eigenvalue weighted by atomic mass is 10.0. The van der Waals surface area contributed by atoms with Gasteiger partial charge in [-0.2, -0.15) is 4.98 Å². The fraction of sp³-hybridized carbons (Fsp3) is 0.526. The normalized spacial score (nSPS) is 23.6. The summed E-state index contributed by atoms with van der Waals surface area (Å²) < 4.78 is 11.0. The highest BCUT2D eigenvalue weighted by Crippen LogP contribution is 2.34. The molecule has 2 aliphatic rings. The average Bonchev–Trinajstić information content (AvgIpc) is 3.36. The summed E-state index contributed by atoms with van der Waals surface area (Å²) >= 11 is 0. The number of fused-ring (bicyclic) bond motifs is 1. The molecule has 9 heteroatoms. The van der Waals surface area contributed by atoms with E-state index in [4.69, 9.17) is 9.26 Å². The number of aromatic nitrogens is 3. The number of nitrogens with zero attached hydrogens (tertiary/aromatic N) is 4. The summed E-state index contributed by atoms with van der Waals surface area (Å²) in [5.74, 6) is 1.06. The van der Waals surface area contributed by atoms with E-state index in [0.29, 0.717) is 37.8 Å². The monoisotopic (exact) mass is 385 g/mol. The minimum atomic E-state index is -0.0975. The molecular weight excluding hydrogens is 362 g/mol. The number of pyridine rings is 1. The summed E-state index contributed by atoms with van der Waals surface area (Å²) in [5.41, 5.74) is 0.964. The van der Waals surface area contributed by atoms with Gasteiger partial charge in [-0.05, 0) is 25.0 Å². The molecule has 0 spiro atoms. The molecule has 0 aromatic carbocycles. The van der Waals surface area contributed by atoms with Crippen LogP contribution in [-0.2, 0) is 27.3 Å². The lowest BCUT2D eigenvalue weighted by molar-refractivity contribution is -0.131.